The number of ether oxygens (including phenoxy) is 4. The number of hydrogen-bond acceptors (Lipinski definition) is 5. The van der Waals surface area contributed by atoms with Gasteiger partial charge in [-0.05, 0) is 23.3 Å². The highest BCUT2D eigenvalue weighted by atomic mass is 16.7. The molecule has 0 bridgehead atoms. The third-order valence-corrected chi connectivity index (χ3v) is 6.16. The zero-order valence-corrected chi connectivity index (χ0v) is 13.9. The minimum absolute atomic E-state index is 0.0670. The fraction of sp³-hybridized carbons (Fsp3) is 0.556. The van der Waals surface area contributed by atoms with Gasteiger partial charge in [0, 0.05) is 13.5 Å². The van der Waals surface area contributed by atoms with Gasteiger partial charge in [0.2, 0.25) is 12.6 Å². The maximum atomic E-state index is 11.4. The Balaban J connectivity index is 1.74. The molecular weight excluding hydrogens is 310 g/mol. The fourth-order valence-electron chi connectivity index (χ4n) is 5.03. The quantitative estimate of drug-likeness (QED) is 0.694. The number of rotatable bonds is 1. The number of hydrogen-bond donors (Lipinski definition) is 2. The van der Waals surface area contributed by atoms with Gasteiger partial charge in [-0.15, -0.1) is 0 Å². The number of likely N-dealkylation sites (tertiary alicyclic amines) is 1. The van der Waals surface area contributed by atoms with Gasteiger partial charge >= 0.3 is 0 Å². The standard InChI is InChI=1S/C18H21NO5/c1-19-9-18(20)17(4-3-12(21-2)6-16(17)19)13-7-15-14(22-10-23-15)5-11(13)8-24-18/h3-5,7,12,16,20H,6,8-10H2,1-2H3/p+1/t12-,16+,17-,18+/m0/s1. The van der Waals surface area contributed by atoms with Gasteiger partial charge in [0.15, 0.2) is 11.5 Å². The van der Waals surface area contributed by atoms with Crippen molar-refractivity contribution in [2.24, 2.45) is 0 Å². The smallest absolute Gasteiger partial charge is 0.236 e. The van der Waals surface area contributed by atoms with E-state index in [0.717, 1.165) is 29.0 Å². The van der Waals surface area contributed by atoms with Crippen LogP contribution >= 0.6 is 0 Å². The number of quaternary nitrogens is 1. The topological polar surface area (TPSA) is 61.6 Å². The Morgan fingerprint density at radius 2 is 2.08 bits per heavy atom. The van der Waals surface area contributed by atoms with E-state index in [4.69, 9.17) is 18.9 Å². The summed E-state index contributed by atoms with van der Waals surface area (Å²) in [6.07, 6.45) is 5.07. The van der Waals surface area contributed by atoms with Crippen LogP contribution in [0.1, 0.15) is 17.5 Å². The molecule has 1 aliphatic carbocycles. The first-order chi connectivity index (χ1) is 11.6. The molecule has 5 atom stereocenters. The van der Waals surface area contributed by atoms with E-state index >= 15 is 0 Å². The summed E-state index contributed by atoms with van der Waals surface area (Å²) < 4.78 is 22.7. The van der Waals surface area contributed by atoms with Crippen LogP contribution in [0.5, 0.6) is 11.5 Å². The Bertz CT molecular complexity index is 734. The molecule has 0 saturated carbocycles. The van der Waals surface area contributed by atoms with Crippen molar-refractivity contribution in [3.05, 3.63) is 35.4 Å². The Kier molecular flexibility index (Phi) is 2.90. The highest BCUT2D eigenvalue weighted by Gasteiger charge is 2.69. The summed E-state index contributed by atoms with van der Waals surface area (Å²) in [7, 11) is 3.84. The molecule has 2 N–H and O–H groups in total. The van der Waals surface area contributed by atoms with Crippen LogP contribution in [0.2, 0.25) is 0 Å². The lowest BCUT2D eigenvalue weighted by molar-refractivity contribution is -0.899. The second-order valence-corrected chi connectivity index (χ2v) is 7.25. The number of aliphatic hydroxyl groups is 1. The molecule has 6 heteroatoms. The van der Waals surface area contributed by atoms with Crippen molar-refractivity contribution in [3.63, 3.8) is 0 Å². The minimum atomic E-state index is -1.21. The summed E-state index contributed by atoms with van der Waals surface area (Å²) in [4.78, 5) is 1.26. The Morgan fingerprint density at radius 1 is 1.29 bits per heavy atom. The van der Waals surface area contributed by atoms with Gasteiger partial charge in [0.05, 0.1) is 19.8 Å². The summed E-state index contributed by atoms with van der Waals surface area (Å²) in [5, 5.41) is 11.4. The van der Waals surface area contributed by atoms with Gasteiger partial charge in [-0.2, -0.15) is 0 Å². The number of benzene rings is 1. The van der Waals surface area contributed by atoms with Crippen molar-refractivity contribution in [1.29, 1.82) is 0 Å². The molecule has 1 unspecified atom stereocenters. The molecule has 1 saturated heterocycles. The molecule has 6 nitrogen and oxygen atoms in total. The molecule has 4 aliphatic rings. The van der Waals surface area contributed by atoms with Gasteiger partial charge in [-0.25, -0.2) is 0 Å². The zero-order valence-electron chi connectivity index (χ0n) is 13.9. The third-order valence-electron chi connectivity index (χ3n) is 6.16. The van der Waals surface area contributed by atoms with Crippen molar-refractivity contribution in [2.75, 3.05) is 27.5 Å². The average Bonchev–Trinajstić information content (AvgIpc) is 3.13. The molecule has 128 valence electrons. The van der Waals surface area contributed by atoms with Crippen molar-refractivity contribution < 1.29 is 29.0 Å². The summed E-state index contributed by atoms with van der Waals surface area (Å²) >= 11 is 0. The molecular formula is C18H22NO5+. The SMILES string of the molecule is CO[C@H]1C=C[C@@]23c4cc5c(cc4CO[C@]2(O)C[NH+](C)[C@@H]3C1)OCO5. The summed E-state index contributed by atoms with van der Waals surface area (Å²) in [5.41, 5.74) is 1.57. The summed E-state index contributed by atoms with van der Waals surface area (Å²) in [6.45, 7) is 1.17. The Labute approximate surface area is 140 Å². The van der Waals surface area contributed by atoms with Crippen molar-refractivity contribution in [1.82, 2.24) is 0 Å². The first kappa shape index (κ1) is 14.7. The van der Waals surface area contributed by atoms with Gasteiger partial charge < -0.3 is 29.0 Å². The molecule has 1 aromatic carbocycles. The van der Waals surface area contributed by atoms with Gasteiger partial charge in [-0.1, -0.05) is 12.2 Å². The minimum Gasteiger partial charge on any atom is -0.454 e. The summed E-state index contributed by atoms with van der Waals surface area (Å²) in [6, 6.07) is 4.21. The molecule has 1 spiro atoms. The summed E-state index contributed by atoms with van der Waals surface area (Å²) in [5.74, 6) is 0.291. The molecule has 0 radical (unpaired) electrons. The predicted molar refractivity (Wildman–Crippen MR) is 84.1 cm³/mol. The lowest BCUT2D eigenvalue weighted by Crippen LogP contribution is -3.12. The van der Waals surface area contributed by atoms with Crippen LogP contribution < -0.4 is 14.4 Å². The molecule has 3 aliphatic heterocycles. The first-order valence-corrected chi connectivity index (χ1v) is 8.41. The predicted octanol–water partition coefficient (Wildman–Crippen LogP) is -0.256. The maximum Gasteiger partial charge on any atom is 0.236 e. The number of likely N-dealkylation sites (N-methyl/N-ethyl adjacent to an activating group) is 1. The van der Waals surface area contributed by atoms with Gasteiger partial charge in [-0.3, -0.25) is 0 Å². The fourth-order valence-corrected chi connectivity index (χ4v) is 5.03. The van der Waals surface area contributed by atoms with E-state index in [1.54, 1.807) is 7.11 Å². The van der Waals surface area contributed by atoms with Crippen LogP contribution in [-0.4, -0.2) is 50.5 Å². The van der Waals surface area contributed by atoms with E-state index < -0.39 is 11.2 Å². The average molecular weight is 332 g/mol. The normalized spacial score (nSPS) is 41.7. The van der Waals surface area contributed by atoms with Crippen molar-refractivity contribution >= 4 is 0 Å². The van der Waals surface area contributed by atoms with Crippen LogP contribution in [0.4, 0.5) is 0 Å². The Hall–Kier alpha value is -1.60. The largest absolute Gasteiger partial charge is 0.454 e. The lowest BCUT2D eigenvalue weighted by atomic mass is 9.64. The van der Waals surface area contributed by atoms with E-state index in [1.807, 2.05) is 12.1 Å². The van der Waals surface area contributed by atoms with E-state index in [0.29, 0.717) is 13.2 Å². The van der Waals surface area contributed by atoms with E-state index in [-0.39, 0.29) is 18.9 Å². The zero-order chi connectivity index (χ0) is 16.5. The monoisotopic (exact) mass is 332 g/mol. The van der Waals surface area contributed by atoms with Gasteiger partial charge in [0.25, 0.3) is 0 Å². The van der Waals surface area contributed by atoms with E-state index in [1.165, 1.54) is 4.90 Å². The van der Waals surface area contributed by atoms with Crippen molar-refractivity contribution in [2.45, 2.75) is 36.4 Å². The molecule has 1 aromatic rings. The highest BCUT2D eigenvalue weighted by Crippen LogP contribution is 2.53. The van der Waals surface area contributed by atoms with Crippen LogP contribution in [0, 0.1) is 0 Å². The molecule has 24 heavy (non-hydrogen) atoms. The lowest BCUT2D eigenvalue weighted by Gasteiger charge is -2.46. The number of nitrogens with one attached hydrogen (secondary N) is 1. The van der Waals surface area contributed by atoms with Crippen molar-refractivity contribution in [3.8, 4) is 11.5 Å². The van der Waals surface area contributed by atoms with Crippen LogP contribution in [0.15, 0.2) is 24.3 Å². The number of fused-ring (bicyclic) bond motifs is 2. The molecule has 0 aromatic heterocycles. The second kappa shape index (κ2) is 4.73. The first-order valence-electron chi connectivity index (χ1n) is 8.41. The van der Waals surface area contributed by atoms with Crippen LogP contribution in [0.25, 0.3) is 0 Å². The molecule has 0 amide bonds. The van der Waals surface area contributed by atoms with Crippen LogP contribution in [-0.2, 0) is 21.5 Å². The maximum absolute atomic E-state index is 11.4. The highest BCUT2D eigenvalue weighted by molar-refractivity contribution is 5.55. The Morgan fingerprint density at radius 3 is 2.88 bits per heavy atom. The molecule has 1 fully saturated rings. The molecule has 5 rings (SSSR count). The van der Waals surface area contributed by atoms with Crippen LogP contribution in [0.3, 0.4) is 0 Å². The number of methoxy groups -OCH3 is 1. The molecule has 3 heterocycles. The third kappa shape index (κ3) is 1.64. The van der Waals surface area contributed by atoms with Gasteiger partial charge in [0.1, 0.15) is 18.0 Å². The van der Waals surface area contributed by atoms with E-state index in [2.05, 4.69) is 19.2 Å². The van der Waals surface area contributed by atoms with E-state index in [9.17, 15) is 5.11 Å². The second-order valence-electron chi connectivity index (χ2n) is 7.25.